The molecular formula is C38H70NO10P. The fraction of sp³-hybridized carbons (Fsp3) is 0.816. The van der Waals surface area contributed by atoms with Crippen molar-refractivity contribution < 1.29 is 47.8 Å². The lowest BCUT2D eigenvalue weighted by Crippen LogP contribution is -2.43. The number of carbonyl (C=O) groups excluding carboxylic acids is 2. The second kappa shape index (κ2) is 34.1. The van der Waals surface area contributed by atoms with Gasteiger partial charge in [-0.25, -0.2) is 9.36 Å². The van der Waals surface area contributed by atoms with Crippen LogP contribution >= 0.6 is 7.82 Å². The van der Waals surface area contributed by atoms with Crippen molar-refractivity contribution in [1.82, 2.24) is 5.32 Å². The number of carboxylic acid groups (broad SMARTS) is 1. The minimum Gasteiger partial charge on any atom is -0.480 e. The Bertz CT molecular complexity index is 958. The molecule has 0 aromatic heterocycles. The quantitative estimate of drug-likeness (QED) is 0.0211. The molecule has 0 heterocycles. The van der Waals surface area contributed by atoms with E-state index in [-0.39, 0.29) is 12.8 Å². The third kappa shape index (κ3) is 33.1. The van der Waals surface area contributed by atoms with Gasteiger partial charge in [0.1, 0.15) is 12.7 Å². The van der Waals surface area contributed by atoms with Crippen LogP contribution < -0.4 is 5.32 Å². The number of hydrogen-bond donors (Lipinski definition) is 4. The van der Waals surface area contributed by atoms with Crippen LogP contribution in [0.2, 0.25) is 0 Å². The highest BCUT2D eigenvalue weighted by atomic mass is 31.2. The number of hydrogen-bond acceptors (Lipinski definition) is 8. The maximum atomic E-state index is 12.3. The molecule has 3 unspecified atom stereocenters. The van der Waals surface area contributed by atoms with Gasteiger partial charge in [-0.05, 0) is 44.9 Å². The van der Waals surface area contributed by atoms with Crippen LogP contribution in [0.4, 0.5) is 0 Å². The highest BCUT2D eigenvalue weighted by molar-refractivity contribution is 7.47. The normalized spacial score (nSPS) is 14.2. The lowest BCUT2D eigenvalue weighted by molar-refractivity contribution is -0.147. The number of rotatable bonds is 36. The topological polar surface area (TPSA) is 169 Å². The van der Waals surface area contributed by atoms with Crippen LogP contribution in [0.5, 0.6) is 0 Å². The average molecular weight is 732 g/mol. The van der Waals surface area contributed by atoms with Crippen LogP contribution in [0.3, 0.4) is 0 Å². The number of carbonyl (C=O) groups is 3. The van der Waals surface area contributed by atoms with E-state index in [0.29, 0.717) is 12.8 Å². The molecule has 0 radical (unpaired) electrons. The van der Waals surface area contributed by atoms with Gasteiger partial charge < -0.3 is 25.2 Å². The summed E-state index contributed by atoms with van der Waals surface area (Å²) in [6, 6.07) is -1.54. The van der Waals surface area contributed by atoms with Crippen LogP contribution in [0.25, 0.3) is 0 Å². The summed E-state index contributed by atoms with van der Waals surface area (Å²) in [5.74, 6) is -2.39. The van der Waals surface area contributed by atoms with Gasteiger partial charge in [-0.1, -0.05) is 134 Å². The molecule has 1 amide bonds. The smallest absolute Gasteiger partial charge is 0.472 e. The van der Waals surface area contributed by atoms with E-state index >= 15 is 0 Å². The molecular weight excluding hydrogens is 661 g/mol. The minimum absolute atomic E-state index is 0.144. The number of phosphoric acid groups is 1. The number of aliphatic hydroxyl groups is 1. The van der Waals surface area contributed by atoms with Crippen LogP contribution in [0.15, 0.2) is 24.3 Å². The molecule has 0 aliphatic heterocycles. The number of nitrogens with one attached hydrogen (secondary N) is 1. The Hall–Kier alpha value is -2.04. The molecule has 0 aliphatic carbocycles. The van der Waals surface area contributed by atoms with Crippen LogP contribution in [-0.4, -0.2) is 64.9 Å². The minimum atomic E-state index is -4.74. The molecule has 0 fully saturated rings. The second-order valence-electron chi connectivity index (χ2n) is 13.1. The Morgan fingerprint density at radius 2 is 1.10 bits per heavy atom. The number of esters is 1. The van der Waals surface area contributed by atoms with Gasteiger partial charge >= 0.3 is 19.8 Å². The van der Waals surface area contributed by atoms with Gasteiger partial charge in [0.2, 0.25) is 5.91 Å². The van der Waals surface area contributed by atoms with Crippen LogP contribution in [0, 0.1) is 0 Å². The summed E-state index contributed by atoms with van der Waals surface area (Å²) in [7, 11) is -4.74. The average Bonchev–Trinajstić information content (AvgIpc) is 3.08. The first-order valence-corrected chi connectivity index (χ1v) is 20.9. The molecule has 4 N–H and O–H groups in total. The van der Waals surface area contributed by atoms with E-state index in [2.05, 4.69) is 43.5 Å². The maximum Gasteiger partial charge on any atom is 0.472 e. The fourth-order valence-corrected chi connectivity index (χ4v) is 5.94. The summed E-state index contributed by atoms with van der Waals surface area (Å²) in [6.07, 6.45) is 32.6. The number of unbranched alkanes of at least 4 members (excludes halogenated alkanes) is 18. The zero-order valence-corrected chi connectivity index (χ0v) is 32.1. The van der Waals surface area contributed by atoms with Crippen molar-refractivity contribution in [2.75, 3.05) is 19.8 Å². The van der Waals surface area contributed by atoms with E-state index in [0.717, 1.165) is 51.4 Å². The largest absolute Gasteiger partial charge is 0.480 e. The lowest BCUT2D eigenvalue weighted by atomic mass is 10.0. The Balaban J connectivity index is 3.87. The molecule has 0 saturated carbocycles. The molecule has 0 aliphatic rings. The standard InChI is InChI=1S/C38H70NO10P/c1-3-5-7-9-10-11-12-13-14-15-16-17-18-19-20-21-22-23-24-26-27-29-36(41)39-35(38(43)44)33-49-50(45,46)48-32-34(40)31-47-37(42)30-28-25-8-6-4-2/h10-11,13-14,34-35,40H,3-9,12,15-33H2,1-2H3,(H,39,41)(H,43,44)(H,45,46)/b11-10-,14-13-. The lowest BCUT2D eigenvalue weighted by Gasteiger charge is -2.18. The van der Waals surface area contributed by atoms with Gasteiger partial charge in [-0.15, -0.1) is 0 Å². The van der Waals surface area contributed by atoms with Crippen LogP contribution in [-0.2, 0) is 32.7 Å². The molecule has 50 heavy (non-hydrogen) atoms. The SMILES string of the molecule is CCCCC/C=C\C/C=C\CCCCCCCCCCCCCC(=O)NC(COP(=O)(O)OCC(O)COC(=O)CCCCCCC)C(=O)O. The van der Waals surface area contributed by atoms with Crippen molar-refractivity contribution in [1.29, 1.82) is 0 Å². The Kier molecular flexibility index (Phi) is 32.7. The third-order valence-electron chi connectivity index (χ3n) is 8.24. The molecule has 0 rings (SSSR count). The van der Waals surface area contributed by atoms with E-state index < -0.39 is 57.6 Å². The number of amides is 1. The predicted molar refractivity (Wildman–Crippen MR) is 199 cm³/mol. The van der Waals surface area contributed by atoms with Crippen molar-refractivity contribution in [3.05, 3.63) is 24.3 Å². The second-order valence-corrected chi connectivity index (χ2v) is 14.6. The van der Waals surface area contributed by atoms with Crippen molar-refractivity contribution in [2.24, 2.45) is 0 Å². The van der Waals surface area contributed by atoms with Gasteiger partial charge in [-0.3, -0.25) is 18.6 Å². The third-order valence-corrected chi connectivity index (χ3v) is 9.19. The van der Waals surface area contributed by atoms with E-state index in [4.69, 9.17) is 13.8 Å². The van der Waals surface area contributed by atoms with Crippen LogP contribution in [0.1, 0.15) is 168 Å². The molecule has 292 valence electrons. The molecule has 0 saturated heterocycles. The predicted octanol–water partition coefficient (Wildman–Crippen LogP) is 9.11. The van der Waals surface area contributed by atoms with Crippen molar-refractivity contribution >= 4 is 25.7 Å². The highest BCUT2D eigenvalue weighted by Gasteiger charge is 2.28. The van der Waals surface area contributed by atoms with E-state index in [1.807, 2.05) is 0 Å². The zero-order chi connectivity index (χ0) is 37.1. The Labute approximate surface area is 302 Å². The maximum absolute atomic E-state index is 12.3. The molecule has 3 atom stereocenters. The summed E-state index contributed by atoms with van der Waals surface area (Å²) in [6.45, 7) is 2.44. The number of ether oxygens (including phenoxy) is 1. The summed E-state index contributed by atoms with van der Waals surface area (Å²) >= 11 is 0. The number of carboxylic acids is 1. The van der Waals surface area contributed by atoms with E-state index in [1.54, 1.807) is 0 Å². The van der Waals surface area contributed by atoms with Gasteiger partial charge in [0, 0.05) is 12.8 Å². The fourth-order valence-electron chi connectivity index (χ4n) is 5.17. The van der Waals surface area contributed by atoms with Crippen molar-refractivity contribution in [3.63, 3.8) is 0 Å². The zero-order valence-electron chi connectivity index (χ0n) is 31.2. The van der Waals surface area contributed by atoms with Gasteiger partial charge in [0.05, 0.1) is 13.2 Å². The molecule has 0 aromatic rings. The molecule has 0 bridgehead atoms. The highest BCUT2D eigenvalue weighted by Crippen LogP contribution is 2.43. The Morgan fingerprint density at radius 1 is 0.640 bits per heavy atom. The first kappa shape index (κ1) is 48.0. The van der Waals surface area contributed by atoms with Gasteiger partial charge in [0.15, 0.2) is 6.04 Å². The van der Waals surface area contributed by atoms with Gasteiger partial charge in [0.25, 0.3) is 0 Å². The van der Waals surface area contributed by atoms with E-state index in [9.17, 15) is 34.1 Å². The first-order chi connectivity index (χ1) is 24.1. The Morgan fingerprint density at radius 3 is 1.66 bits per heavy atom. The molecule has 0 aromatic carbocycles. The molecule has 12 heteroatoms. The summed E-state index contributed by atoms with van der Waals surface area (Å²) in [4.78, 5) is 45.4. The number of aliphatic carboxylic acids is 1. The number of aliphatic hydroxyl groups excluding tert-OH is 1. The number of phosphoric ester groups is 1. The summed E-state index contributed by atoms with van der Waals surface area (Å²) in [5.41, 5.74) is 0. The first-order valence-electron chi connectivity index (χ1n) is 19.4. The summed E-state index contributed by atoms with van der Waals surface area (Å²) in [5, 5.41) is 21.6. The summed E-state index contributed by atoms with van der Waals surface area (Å²) < 4.78 is 26.5. The van der Waals surface area contributed by atoms with Crippen molar-refractivity contribution in [2.45, 2.75) is 180 Å². The monoisotopic (exact) mass is 731 g/mol. The molecule has 11 nitrogen and oxygen atoms in total. The van der Waals surface area contributed by atoms with E-state index in [1.165, 1.54) is 77.0 Å². The van der Waals surface area contributed by atoms with Gasteiger partial charge in [-0.2, -0.15) is 0 Å². The number of allylic oxidation sites excluding steroid dienone is 4. The molecule has 0 spiro atoms. The van der Waals surface area contributed by atoms with Crippen molar-refractivity contribution in [3.8, 4) is 0 Å².